The fourth-order valence-electron chi connectivity index (χ4n) is 2.83. The molecule has 19 heavy (non-hydrogen) atoms. The summed E-state index contributed by atoms with van der Waals surface area (Å²) in [5.41, 5.74) is 3.57. The van der Waals surface area contributed by atoms with Crippen molar-refractivity contribution < 1.29 is 14.6 Å². The predicted molar refractivity (Wildman–Crippen MR) is 72.2 cm³/mol. The van der Waals surface area contributed by atoms with Crippen molar-refractivity contribution in [1.29, 1.82) is 0 Å². The fourth-order valence-corrected chi connectivity index (χ4v) is 2.83. The van der Waals surface area contributed by atoms with Gasteiger partial charge in [-0.15, -0.1) is 0 Å². The Labute approximate surface area is 111 Å². The van der Waals surface area contributed by atoms with Gasteiger partial charge in [-0.05, 0) is 31.9 Å². The quantitative estimate of drug-likeness (QED) is 0.843. The summed E-state index contributed by atoms with van der Waals surface area (Å²) in [5, 5.41) is 11.1. The van der Waals surface area contributed by atoms with Crippen LogP contribution in [0.25, 0.3) is 10.9 Å². The maximum absolute atomic E-state index is 12.0. The highest BCUT2D eigenvalue weighted by atomic mass is 16.5. The first-order valence-electron chi connectivity index (χ1n) is 6.61. The van der Waals surface area contributed by atoms with E-state index in [1.165, 1.54) is 0 Å². The second-order valence-electron chi connectivity index (χ2n) is 4.94. The Morgan fingerprint density at radius 3 is 3.05 bits per heavy atom. The SMILES string of the molecule is CCOC(=O)c1cc2c(C)ccc3c2n1CCC3O. The van der Waals surface area contributed by atoms with Crippen LogP contribution >= 0.6 is 0 Å². The number of rotatable bonds is 2. The van der Waals surface area contributed by atoms with Crippen molar-refractivity contribution in [3.8, 4) is 0 Å². The molecule has 0 fully saturated rings. The van der Waals surface area contributed by atoms with Gasteiger partial charge in [-0.2, -0.15) is 0 Å². The van der Waals surface area contributed by atoms with Gasteiger partial charge in [0.1, 0.15) is 5.69 Å². The monoisotopic (exact) mass is 259 g/mol. The van der Waals surface area contributed by atoms with Crippen LogP contribution in [0.2, 0.25) is 0 Å². The van der Waals surface area contributed by atoms with Gasteiger partial charge in [0.05, 0.1) is 18.2 Å². The first kappa shape index (κ1) is 12.2. The molecule has 4 heteroatoms. The lowest BCUT2D eigenvalue weighted by atomic mass is 9.98. The predicted octanol–water partition coefficient (Wildman–Crippen LogP) is 2.56. The summed E-state index contributed by atoms with van der Waals surface area (Å²) in [6.45, 7) is 4.83. The number of benzene rings is 1. The average molecular weight is 259 g/mol. The number of nitrogens with zero attached hydrogens (tertiary/aromatic N) is 1. The number of aryl methyl sites for hydroxylation is 2. The van der Waals surface area contributed by atoms with E-state index in [0.717, 1.165) is 22.0 Å². The van der Waals surface area contributed by atoms with Crippen LogP contribution < -0.4 is 0 Å². The Balaban J connectivity index is 2.28. The lowest BCUT2D eigenvalue weighted by Gasteiger charge is -2.22. The van der Waals surface area contributed by atoms with Crippen molar-refractivity contribution in [2.75, 3.05) is 6.61 Å². The Morgan fingerprint density at radius 2 is 2.32 bits per heavy atom. The van der Waals surface area contributed by atoms with E-state index in [0.29, 0.717) is 25.3 Å². The third-order valence-corrected chi connectivity index (χ3v) is 3.78. The lowest BCUT2D eigenvalue weighted by Crippen LogP contribution is -2.18. The van der Waals surface area contributed by atoms with Gasteiger partial charge in [-0.25, -0.2) is 4.79 Å². The second kappa shape index (κ2) is 4.38. The molecule has 3 rings (SSSR count). The number of carbonyl (C=O) groups excluding carboxylic acids is 1. The van der Waals surface area contributed by atoms with Crippen molar-refractivity contribution >= 4 is 16.9 Å². The molecule has 0 amide bonds. The van der Waals surface area contributed by atoms with Crippen LogP contribution in [-0.4, -0.2) is 22.2 Å². The zero-order valence-corrected chi connectivity index (χ0v) is 11.1. The fraction of sp³-hybridized carbons (Fsp3) is 0.400. The minimum absolute atomic E-state index is 0.291. The van der Waals surface area contributed by atoms with Crippen LogP contribution in [-0.2, 0) is 11.3 Å². The molecule has 1 atom stereocenters. The first-order valence-corrected chi connectivity index (χ1v) is 6.61. The normalized spacial score (nSPS) is 17.7. The van der Waals surface area contributed by atoms with Gasteiger partial charge >= 0.3 is 5.97 Å². The van der Waals surface area contributed by atoms with Crippen LogP contribution in [0.3, 0.4) is 0 Å². The van der Waals surface area contributed by atoms with Crippen molar-refractivity contribution in [3.63, 3.8) is 0 Å². The number of aromatic nitrogens is 1. The van der Waals surface area contributed by atoms with Crippen LogP contribution in [0.4, 0.5) is 0 Å². The summed E-state index contributed by atoms with van der Waals surface area (Å²) in [5.74, 6) is -0.291. The molecule has 1 aliphatic rings. The molecule has 2 heterocycles. The lowest BCUT2D eigenvalue weighted by molar-refractivity contribution is 0.0511. The third kappa shape index (κ3) is 1.75. The van der Waals surface area contributed by atoms with E-state index in [1.54, 1.807) is 6.92 Å². The molecular weight excluding hydrogens is 242 g/mol. The third-order valence-electron chi connectivity index (χ3n) is 3.78. The molecule has 0 saturated heterocycles. The van der Waals surface area contributed by atoms with Gasteiger partial charge < -0.3 is 14.4 Å². The van der Waals surface area contributed by atoms with Gasteiger partial charge in [-0.1, -0.05) is 12.1 Å². The Morgan fingerprint density at radius 1 is 1.53 bits per heavy atom. The summed E-state index contributed by atoms with van der Waals surface area (Å²) < 4.78 is 7.08. The summed E-state index contributed by atoms with van der Waals surface area (Å²) in [6, 6.07) is 5.82. The summed E-state index contributed by atoms with van der Waals surface area (Å²) in [7, 11) is 0. The Kier molecular flexibility index (Phi) is 2.82. The minimum atomic E-state index is -0.444. The topological polar surface area (TPSA) is 51.5 Å². The van der Waals surface area contributed by atoms with E-state index in [2.05, 4.69) is 0 Å². The Hall–Kier alpha value is -1.81. The van der Waals surface area contributed by atoms with Crippen LogP contribution in [0, 0.1) is 6.92 Å². The van der Waals surface area contributed by atoms with E-state index in [9.17, 15) is 9.90 Å². The highest BCUT2D eigenvalue weighted by Gasteiger charge is 2.26. The zero-order valence-electron chi connectivity index (χ0n) is 11.1. The number of hydrogen-bond acceptors (Lipinski definition) is 3. The van der Waals surface area contributed by atoms with Crippen LogP contribution in [0.1, 0.15) is 41.1 Å². The molecule has 1 N–H and O–H groups in total. The highest BCUT2D eigenvalue weighted by Crippen LogP contribution is 2.35. The van der Waals surface area contributed by atoms with Crippen LogP contribution in [0.5, 0.6) is 0 Å². The van der Waals surface area contributed by atoms with Crippen molar-refractivity contribution in [2.24, 2.45) is 0 Å². The van der Waals surface area contributed by atoms with Gasteiger partial charge in [-0.3, -0.25) is 0 Å². The largest absolute Gasteiger partial charge is 0.461 e. The highest BCUT2D eigenvalue weighted by molar-refractivity contribution is 5.98. The van der Waals surface area contributed by atoms with Crippen molar-refractivity contribution in [2.45, 2.75) is 32.9 Å². The maximum Gasteiger partial charge on any atom is 0.354 e. The smallest absolute Gasteiger partial charge is 0.354 e. The number of esters is 1. The summed E-state index contributed by atoms with van der Waals surface area (Å²) in [6.07, 6.45) is 0.187. The molecule has 0 spiro atoms. The molecule has 1 unspecified atom stereocenters. The molecule has 1 aliphatic heterocycles. The van der Waals surface area contributed by atoms with E-state index < -0.39 is 6.10 Å². The summed E-state index contributed by atoms with van der Waals surface area (Å²) >= 11 is 0. The molecular formula is C15H17NO3. The van der Waals surface area contributed by atoms with Gasteiger partial charge in [0.25, 0.3) is 0 Å². The molecule has 1 aromatic carbocycles. The molecule has 0 saturated carbocycles. The standard InChI is InChI=1S/C15H17NO3/c1-3-19-15(18)12-8-11-9(2)4-5-10-13(17)6-7-16(12)14(10)11/h4-5,8,13,17H,3,6-7H2,1-2H3. The minimum Gasteiger partial charge on any atom is -0.461 e. The van der Waals surface area contributed by atoms with Gasteiger partial charge in [0.2, 0.25) is 0 Å². The number of ether oxygens (including phenoxy) is 1. The number of carbonyl (C=O) groups is 1. The molecule has 0 bridgehead atoms. The zero-order chi connectivity index (χ0) is 13.6. The molecule has 100 valence electrons. The molecule has 0 radical (unpaired) electrons. The van der Waals surface area contributed by atoms with E-state index in [1.807, 2.05) is 29.7 Å². The van der Waals surface area contributed by atoms with Crippen molar-refractivity contribution in [1.82, 2.24) is 4.57 Å². The molecule has 0 aliphatic carbocycles. The van der Waals surface area contributed by atoms with Crippen LogP contribution in [0.15, 0.2) is 18.2 Å². The maximum atomic E-state index is 12.0. The van der Waals surface area contributed by atoms with E-state index in [4.69, 9.17) is 4.74 Å². The van der Waals surface area contributed by atoms with Gasteiger partial charge in [0, 0.05) is 17.5 Å². The number of hydrogen-bond donors (Lipinski definition) is 1. The average Bonchev–Trinajstić information content (AvgIpc) is 2.78. The van der Waals surface area contributed by atoms with Gasteiger partial charge in [0.15, 0.2) is 0 Å². The summed E-state index contributed by atoms with van der Waals surface area (Å²) in [4.78, 5) is 12.0. The molecule has 2 aromatic rings. The first-order chi connectivity index (χ1) is 9.13. The Bertz CT molecular complexity index is 657. The second-order valence-corrected chi connectivity index (χ2v) is 4.94. The van der Waals surface area contributed by atoms with E-state index in [-0.39, 0.29) is 5.97 Å². The van der Waals surface area contributed by atoms with Crippen molar-refractivity contribution in [3.05, 3.63) is 35.0 Å². The molecule has 1 aromatic heterocycles. The van der Waals surface area contributed by atoms with E-state index >= 15 is 0 Å². The number of aliphatic hydroxyl groups excluding tert-OH is 1. The molecule has 4 nitrogen and oxygen atoms in total. The number of aliphatic hydroxyl groups is 1.